The first-order chi connectivity index (χ1) is 21.2. The van der Waals surface area contributed by atoms with Crippen LogP contribution in [0.2, 0.25) is 0 Å². The molecule has 234 valence electrons. The highest BCUT2D eigenvalue weighted by Crippen LogP contribution is 2.36. The zero-order chi connectivity index (χ0) is 31.1. The van der Waals surface area contributed by atoms with Crippen LogP contribution in [0.3, 0.4) is 0 Å². The molecule has 1 aliphatic heterocycles. The monoisotopic (exact) mass is 683 g/mol. The van der Waals surface area contributed by atoms with Crippen LogP contribution in [0, 0.1) is 0 Å². The van der Waals surface area contributed by atoms with Gasteiger partial charge in [0.05, 0.1) is 11.9 Å². The van der Waals surface area contributed by atoms with Crippen molar-refractivity contribution in [2.75, 3.05) is 23.9 Å². The number of rotatable bonds is 13. The van der Waals surface area contributed by atoms with Crippen LogP contribution in [0.15, 0.2) is 77.3 Å². The molecule has 1 heterocycles. The Labute approximate surface area is 267 Å². The first kappa shape index (κ1) is 31.8. The summed E-state index contributed by atoms with van der Waals surface area (Å²) >= 11 is 3.47. The van der Waals surface area contributed by atoms with Crippen molar-refractivity contribution in [3.63, 3.8) is 0 Å². The van der Waals surface area contributed by atoms with Gasteiger partial charge in [-0.1, -0.05) is 71.2 Å². The molecule has 1 atom stereocenters. The maximum Gasteiger partial charge on any atom is 0.243 e. The Hall–Kier alpha value is -3.57. The van der Waals surface area contributed by atoms with Crippen LogP contribution < -0.4 is 19.1 Å². The molecule has 1 fully saturated rings. The summed E-state index contributed by atoms with van der Waals surface area (Å²) in [6.45, 7) is 0.423. The molecule has 0 aromatic heterocycles. The van der Waals surface area contributed by atoms with E-state index in [1.54, 1.807) is 23.1 Å². The predicted octanol–water partition coefficient (Wildman–Crippen LogP) is 5.42. The molecule has 9 nitrogen and oxygen atoms in total. The second kappa shape index (κ2) is 14.5. The van der Waals surface area contributed by atoms with Crippen LogP contribution in [-0.4, -0.2) is 56.8 Å². The fourth-order valence-electron chi connectivity index (χ4n) is 5.75. The van der Waals surface area contributed by atoms with Gasteiger partial charge in [0, 0.05) is 42.5 Å². The molecule has 1 saturated carbocycles. The number of carbonyl (C=O) groups is 2. The summed E-state index contributed by atoms with van der Waals surface area (Å²) in [6.07, 6.45) is 5.87. The number of ether oxygens (including phenoxy) is 2. The van der Waals surface area contributed by atoms with Gasteiger partial charge in [-0.15, -0.1) is 0 Å². The zero-order valence-electron chi connectivity index (χ0n) is 24.8. The number of sulfonamides is 1. The van der Waals surface area contributed by atoms with Crippen molar-refractivity contribution in [2.45, 2.75) is 63.6 Å². The molecule has 3 aromatic rings. The number of nitrogens with zero attached hydrogens (tertiary/aromatic N) is 2. The van der Waals surface area contributed by atoms with Crippen LogP contribution in [0.5, 0.6) is 11.5 Å². The van der Waals surface area contributed by atoms with Crippen LogP contribution in [0.1, 0.15) is 49.7 Å². The quantitative estimate of drug-likeness (QED) is 0.258. The molecule has 2 amide bonds. The van der Waals surface area contributed by atoms with E-state index in [0.29, 0.717) is 23.6 Å². The molecule has 2 aliphatic rings. The molecular formula is C33H38BrN3O6S. The Morgan fingerprint density at radius 3 is 2.36 bits per heavy atom. The van der Waals surface area contributed by atoms with Crippen molar-refractivity contribution in [2.24, 2.45) is 0 Å². The SMILES string of the molecule is CS(=O)(=O)N(CCCC(=O)N(Cc1ccc(Br)cc1)[C@@H](Cc1ccccc1)C(=O)NC1CCCC1)c1ccc2c(c1)OCO2. The van der Waals surface area contributed by atoms with Crippen LogP contribution in [0.25, 0.3) is 0 Å². The maximum atomic E-state index is 14.0. The summed E-state index contributed by atoms with van der Waals surface area (Å²) in [7, 11) is -3.65. The lowest BCUT2D eigenvalue weighted by Crippen LogP contribution is -2.52. The van der Waals surface area contributed by atoms with E-state index in [1.165, 1.54) is 4.31 Å². The predicted molar refractivity (Wildman–Crippen MR) is 173 cm³/mol. The van der Waals surface area contributed by atoms with Crippen molar-refractivity contribution in [1.29, 1.82) is 0 Å². The van der Waals surface area contributed by atoms with Gasteiger partial charge in [0.25, 0.3) is 0 Å². The molecule has 0 radical (unpaired) electrons. The topological polar surface area (TPSA) is 105 Å². The number of halogens is 1. The Kier molecular flexibility index (Phi) is 10.5. The first-order valence-corrected chi connectivity index (χ1v) is 17.6. The van der Waals surface area contributed by atoms with E-state index >= 15 is 0 Å². The van der Waals surface area contributed by atoms with Crippen molar-refractivity contribution in [1.82, 2.24) is 10.2 Å². The van der Waals surface area contributed by atoms with Crippen molar-refractivity contribution in [3.05, 3.63) is 88.4 Å². The Morgan fingerprint density at radius 2 is 1.66 bits per heavy atom. The zero-order valence-corrected chi connectivity index (χ0v) is 27.2. The number of fused-ring (bicyclic) bond motifs is 1. The van der Waals surface area contributed by atoms with Gasteiger partial charge in [0.1, 0.15) is 6.04 Å². The molecule has 0 spiro atoms. The minimum Gasteiger partial charge on any atom is -0.454 e. The third-order valence-corrected chi connectivity index (χ3v) is 9.76. The Bertz CT molecular complexity index is 1550. The second-order valence-corrected chi connectivity index (χ2v) is 14.1. The number of benzene rings is 3. The van der Waals surface area contributed by atoms with E-state index in [-0.39, 0.29) is 50.6 Å². The smallest absolute Gasteiger partial charge is 0.243 e. The molecule has 1 N–H and O–H groups in total. The Balaban J connectivity index is 1.37. The average Bonchev–Trinajstić information content (AvgIpc) is 3.69. The summed E-state index contributed by atoms with van der Waals surface area (Å²) in [6, 6.07) is 21.8. The minimum atomic E-state index is -3.65. The highest BCUT2D eigenvalue weighted by Gasteiger charge is 2.32. The number of amides is 2. The number of hydrogen-bond acceptors (Lipinski definition) is 6. The summed E-state index contributed by atoms with van der Waals surface area (Å²) < 4.78 is 38.6. The fourth-order valence-corrected chi connectivity index (χ4v) is 6.97. The minimum absolute atomic E-state index is 0.0646. The molecule has 0 unspecified atom stereocenters. The molecule has 0 saturated heterocycles. The largest absolute Gasteiger partial charge is 0.454 e. The van der Waals surface area contributed by atoms with Gasteiger partial charge in [-0.3, -0.25) is 13.9 Å². The first-order valence-electron chi connectivity index (χ1n) is 14.9. The van der Waals surface area contributed by atoms with E-state index < -0.39 is 16.1 Å². The third kappa shape index (κ3) is 8.32. The van der Waals surface area contributed by atoms with Gasteiger partial charge in [0.2, 0.25) is 28.6 Å². The molecule has 0 bridgehead atoms. The van der Waals surface area contributed by atoms with Gasteiger partial charge in [0.15, 0.2) is 11.5 Å². The van der Waals surface area contributed by atoms with E-state index in [0.717, 1.165) is 47.5 Å². The lowest BCUT2D eigenvalue weighted by atomic mass is 10.0. The van der Waals surface area contributed by atoms with Crippen LogP contribution >= 0.6 is 15.9 Å². The van der Waals surface area contributed by atoms with Gasteiger partial charge >= 0.3 is 0 Å². The van der Waals surface area contributed by atoms with E-state index in [1.807, 2.05) is 54.6 Å². The van der Waals surface area contributed by atoms with Crippen molar-refractivity contribution >= 4 is 43.5 Å². The van der Waals surface area contributed by atoms with Crippen molar-refractivity contribution < 1.29 is 27.5 Å². The number of anilines is 1. The van der Waals surface area contributed by atoms with E-state index in [4.69, 9.17) is 9.47 Å². The number of carbonyl (C=O) groups excluding carboxylic acids is 2. The van der Waals surface area contributed by atoms with E-state index in [9.17, 15) is 18.0 Å². The van der Waals surface area contributed by atoms with Gasteiger partial charge in [-0.2, -0.15) is 0 Å². The standard InChI is InChI=1S/C33H38BrN3O6S/c1-44(40,41)37(28-17-18-30-31(21-28)43-23-42-30)19-7-12-32(38)36(22-25-13-15-26(34)16-14-25)29(20-24-8-3-2-4-9-24)33(39)35-27-10-5-6-11-27/h2-4,8-9,13-18,21,27,29H,5-7,10-12,19-20,22-23H2,1H3,(H,35,39)/t29-/m0/s1. The van der Waals surface area contributed by atoms with Gasteiger partial charge in [-0.05, 0) is 54.7 Å². The van der Waals surface area contributed by atoms with Crippen molar-refractivity contribution in [3.8, 4) is 11.5 Å². The maximum absolute atomic E-state index is 14.0. The van der Waals surface area contributed by atoms with Gasteiger partial charge < -0.3 is 19.7 Å². The lowest BCUT2D eigenvalue weighted by molar-refractivity contribution is -0.141. The molecule has 11 heteroatoms. The second-order valence-electron chi connectivity index (χ2n) is 11.3. The molecular weight excluding hydrogens is 646 g/mol. The highest BCUT2D eigenvalue weighted by molar-refractivity contribution is 9.10. The lowest BCUT2D eigenvalue weighted by Gasteiger charge is -2.33. The molecule has 44 heavy (non-hydrogen) atoms. The summed E-state index contributed by atoms with van der Waals surface area (Å²) in [5.74, 6) is 0.658. The summed E-state index contributed by atoms with van der Waals surface area (Å²) in [5.41, 5.74) is 2.29. The molecule has 5 rings (SSSR count). The van der Waals surface area contributed by atoms with Crippen LogP contribution in [0.4, 0.5) is 5.69 Å². The molecule has 1 aliphatic carbocycles. The van der Waals surface area contributed by atoms with Crippen LogP contribution in [-0.2, 0) is 32.6 Å². The summed E-state index contributed by atoms with van der Waals surface area (Å²) in [5, 5.41) is 3.22. The summed E-state index contributed by atoms with van der Waals surface area (Å²) in [4.78, 5) is 29.6. The van der Waals surface area contributed by atoms with E-state index in [2.05, 4.69) is 21.2 Å². The van der Waals surface area contributed by atoms with Gasteiger partial charge in [-0.25, -0.2) is 8.42 Å². The average molecular weight is 685 g/mol. The third-order valence-electron chi connectivity index (χ3n) is 8.04. The Morgan fingerprint density at radius 1 is 0.955 bits per heavy atom. The molecule has 3 aromatic carbocycles. The fraction of sp³-hybridized carbons (Fsp3) is 0.394. The number of hydrogen-bond donors (Lipinski definition) is 1. The highest BCUT2D eigenvalue weighted by atomic mass is 79.9. The number of nitrogens with one attached hydrogen (secondary N) is 1. The normalized spacial score (nSPS) is 15.1.